The number of thiazole rings is 1. The molecular formula is C23H16N4O6S. The van der Waals surface area contributed by atoms with Gasteiger partial charge >= 0.3 is 0 Å². The molecule has 0 saturated carbocycles. The molecule has 3 aromatic heterocycles. The summed E-state index contributed by atoms with van der Waals surface area (Å²) in [6.07, 6.45) is 1.57. The molecule has 5 rings (SSSR count). The van der Waals surface area contributed by atoms with E-state index >= 15 is 0 Å². The highest BCUT2D eigenvalue weighted by atomic mass is 32.1. The zero-order chi connectivity index (χ0) is 23.8. The van der Waals surface area contributed by atoms with E-state index in [0.717, 1.165) is 11.3 Å². The number of para-hydroxylation sites is 1. The van der Waals surface area contributed by atoms with E-state index in [2.05, 4.69) is 10.1 Å². The van der Waals surface area contributed by atoms with Crippen LogP contribution in [-0.4, -0.2) is 33.7 Å². The number of furan rings is 1. The van der Waals surface area contributed by atoms with Gasteiger partial charge in [0.15, 0.2) is 17.3 Å². The SMILES string of the molecule is COc1ccc(-c2nc3sc(=Cc4ccc(-c5ccccc5[N+](=O)[O-])o4)c(=O)n3n2)cc1OC. The number of nitro groups is 1. The largest absolute Gasteiger partial charge is 0.493 e. The molecule has 5 aromatic rings. The Morgan fingerprint density at radius 3 is 2.62 bits per heavy atom. The molecule has 0 fully saturated rings. The molecule has 10 nitrogen and oxygen atoms in total. The first-order valence-electron chi connectivity index (χ1n) is 9.96. The standard InChI is InChI=1S/C23H16N4O6S/c1-31-18-9-7-13(11-19(18)32-2)21-24-23-26(25-21)22(28)20(34-23)12-14-8-10-17(33-14)15-5-3-4-6-16(15)27(29)30/h3-12H,1-2H3. The number of benzene rings is 2. The number of fused-ring (bicyclic) bond motifs is 1. The molecule has 0 spiro atoms. The summed E-state index contributed by atoms with van der Waals surface area (Å²) in [5.41, 5.74) is 0.632. The molecule has 0 atom stereocenters. The van der Waals surface area contributed by atoms with Crippen molar-refractivity contribution in [3.05, 3.63) is 85.4 Å². The fourth-order valence-electron chi connectivity index (χ4n) is 3.48. The molecule has 0 saturated heterocycles. The van der Waals surface area contributed by atoms with Gasteiger partial charge in [0.25, 0.3) is 11.2 Å². The number of aromatic nitrogens is 3. The molecule has 0 aliphatic rings. The Labute approximate surface area is 195 Å². The highest BCUT2D eigenvalue weighted by Crippen LogP contribution is 2.32. The van der Waals surface area contributed by atoms with Crippen LogP contribution in [0.5, 0.6) is 11.5 Å². The third-order valence-electron chi connectivity index (χ3n) is 5.09. The number of nitrogens with zero attached hydrogens (tertiary/aromatic N) is 4. The smallest absolute Gasteiger partial charge is 0.291 e. The monoisotopic (exact) mass is 476 g/mol. The molecule has 3 heterocycles. The lowest BCUT2D eigenvalue weighted by atomic mass is 10.1. The van der Waals surface area contributed by atoms with Crippen molar-refractivity contribution in [1.82, 2.24) is 14.6 Å². The van der Waals surface area contributed by atoms with Crippen LogP contribution in [0.25, 0.3) is 33.7 Å². The van der Waals surface area contributed by atoms with Crippen molar-refractivity contribution in [2.45, 2.75) is 0 Å². The summed E-state index contributed by atoms with van der Waals surface area (Å²) in [6.45, 7) is 0. The third-order valence-corrected chi connectivity index (χ3v) is 6.05. The van der Waals surface area contributed by atoms with Gasteiger partial charge in [0, 0.05) is 17.7 Å². The van der Waals surface area contributed by atoms with Crippen molar-refractivity contribution in [2.24, 2.45) is 0 Å². The van der Waals surface area contributed by atoms with Crippen molar-refractivity contribution in [1.29, 1.82) is 0 Å². The average Bonchev–Trinajstić information content (AvgIpc) is 3.56. The lowest BCUT2D eigenvalue weighted by Crippen LogP contribution is -2.23. The Kier molecular flexibility index (Phi) is 5.30. The molecule has 0 radical (unpaired) electrons. The molecule has 0 bridgehead atoms. The summed E-state index contributed by atoms with van der Waals surface area (Å²) in [7, 11) is 3.09. The highest BCUT2D eigenvalue weighted by Gasteiger charge is 2.18. The van der Waals surface area contributed by atoms with Gasteiger partial charge < -0.3 is 13.9 Å². The van der Waals surface area contributed by atoms with E-state index in [1.165, 1.54) is 17.7 Å². The van der Waals surface area contributed by atoms with Gasteiger partial charge in [-0.15, -0.1) is 5.10 Å². The molecule has 0 N–H and O–H groups in total. The van der Waals surface area contributed by atoms with Crippen LogP contribution in [0, 0.1) is 10.1 Å². The second kappa shape index (κ2) is 8.45. The first-order chi connectivity index (χ1) is 16.5. The molecule has 0 amide bonds. The number of hydrogen-bond acceptors (Lipinski definition) is 9. The van der Waals surface area contributed by atoms with Gasteiger partial charge in [0.05, 0.1) is 24.7 Å². The Bertz CT molecular complexity index is 1650. The predicted octanol–water partition coefficient (Wildman–Crippen LogP) is 3.55. The van der Waals surface area contributed by atoms with Gasteiger partial charge in [-0.05, 0) is 36.4 Å². The van der Waals surface area contributed by atoms with E-state index in [-0.39, 0.29) is 11.2 Å². The second-order valence-corrected chi connectivity index (χ2v) is 8.10. The lowest BCUT2D eigenvalue weighted by molar-refractivity contribution is -0.384. The normalized spacial score (nSPS) is 11.8. The van der Waals surface area contributed by atoms with E-state index in [1.807, 2.05) is 0 Å². The van der Waals surface area contributed by atoms with Crippen LogP contribution in [0.4, 0.5) is 5.69 Å². The van der Waals surface area contributed by atoms with Crippen LogP contribution < -0.4 is 19.6 Å². The van der Waals surface area contributed by atoms with Crippen LogP contribution in [0.2, 0.25) is 0 Å². The maximum Gasteiger partial charge on any atom is 0.291 e. The minimum Gasteiger partial charge on any atom is -0.493 e. The van der Waals surface area contributed by atoms with Gasteiger partial charge in [0.2, 0.25) is 4.96 Å². The molecule has 0 aliphatic heterocycles. The van der Waals surface area contributed by atoms with Gasteiger partial charge in [-0.25, -0.2) is 0 Å². The average molecular weight is 476 g/mol. The summed E-state index contributed by atoms with van der Waals surface area (Å²) in [6, 6.07) is 14.8. The quantitative estimate of drug-likeness (QED) is 0.269. The summed E-state index contributed by atoms with van der Waals surface area (Å²) in [5, 5.41) is 15.6. The van der Waals surface area contributed by atoms with Crippen LogP contribution >= 0.6 is 11.3 Å². The van der Waals surface area contributed by atoms with Crippen LogP contribution in [0.1, 0.15) is 5.76 Å². The van der Waals surface area contributed by atoms with Crippen molar-refractivity contribution >= 4 is 28.1 Å². The Balaban J connectivity index is 1.50. The lowest BCUT2D eigenvalue weighted by Gasteiger charge is -2.07. The fraction of sp³-hybridized carbons (Fsp3) is 0.0870. The predicted molar refractivity (Wildman–Crippen MR) is 125 cm³/mol. The Hall–Kier alpha value is -4.51. The number of methoxy groups -OCH3 is 2. The fourth-order valence-corrected chi connectivity index (χ4v) is 4.36. The molecule has 11 heteroatoms. The van der Waals surface area contributed by atoms with Gasteiger partial charge in [0.1, 0.15) is 16.1 Å². The summed E-state index contributed by atoms with van der Waals surface area (Å²) in [4.78, 5) is 28.6. The van der Waals surface area contributed by atoms with Crippen molar-refractivity contribution in [3.63, 3.8) is 0 Å². The maximum atomic E-state index is 12.9. The van der Waals surface area contributed by atoms with Gasteiger partial charge in [-0.1, -0.05) is 23.5 Å². The highest BCUT2D eigenvalue weighted by molar-refractivity contribution is 7.15. The van der Waals surface area contributed by atoms with Crippen LogP contribution in [-0.2, 0) is 0 Å². The van der Waals surface area contributed by atoms with E-state index in [4.69, 9.17) is 13.9 Å². The van der Waals surface area contributed by atoms with E-state index in [0.29, 0.717) is 49.5 Å². The molecule has 34 heavy (non-hydrogen) atoms. The molecule has 0 aliphatic carbocycles. The molecule has 2 aromatic carbocycles. The van der Waals surface area contributed by atoms with Gasteiger partial charge in [-0.2, -0.15) is 9.50 Å². The van der Waals surface area contributed by atoms with Crippen molar-refractivity contribution < 1.29 is 18.8 Å². The first kappa shape index (κ1) is 21.3. The minimum atomic E-state index is -0.465. The van der Waals surface area contributed by atoms with Gasteiger partial charge in [-0.3, -0.25) is 14.9 Å². The first-order valence-corrected chi connectivity index (χ1v) is 10.8. The summed E-state index contributed by atoms with van der Waals surface area (Å²) >= 11 is 1.16. The number of nitro benzene ring substituents is 1. The Morgan fingerprint density at radius 2 is 1.88 bits per heavy atom. The second-order valence-electron chi connectivity index (χ2n) is 7.09. The number of rotatable bonds is 6. The zero-order valence-electron chi connectivity index (χ0n) is 17.9. The Morgan fingerprint density at radius 1 is 1.09 bits per heavy atom. The summed E-state index contributed by atoms with van der Waals surface area (Å²) < 4.78 is 17.9. The zero-order valence-corrected chi connectivity index (χ0v) is 18.7. The van der Waals surface area contributed by atoms with Crippen LogP contribution in [0.15, 0.2) is 63.8 Å². The van der Waals surface area contributed by atoms with E-state index < -0.39 is 4.92 Å². The van der Waals surface area contributed by atoms with Crippen molar-refractivity contribution in [2.75, 3.05) is 14.2 Å². The van der Waals surface area contributed by atoms with Crippen LogP contribution in [0.3, 0.4) is 0 Å². The third kappa shape index (κ3) is 3.67. The minimum absolute atomic E-state index is 0.0607. The molecule has 0 unspecified atom stereocenters. The van der Waals surface area contributed by atoms with E-state index in [9.17, 15) is 14.9 Å². The number of hydrogen-bond donors (Lipinski definition) is 0. The number of ether oxygens (including phenoxy) is 2. The van der Waals surface area contributed by atoms with E-state index in [1.54, 1.807) is 61.7 Å². The molecule has 170 valence electrons. The summed E-state index contributed by atoms with van der Waals surface area (Å²) in [5.74, 6) is 2.21. The maximum absolute atomic E-state index is 12.9. The topological polar surface area (TPSA) is 122 Å². The molecular weight excluding hydrogens is 460 g/mol. The van der Waals surface area contributed by atoms with Crippen molar-refractivity contribution in [3.8, 4) is 34.2 Å².